The highest BCUT2D eigenvalue weighted by Crippen LogP contribution is 2.76. The summed E-state index contributed by atoms with van der Waals surface area (Å²) < 4.78 is 37.9. The van der Waals surface area contributed by atoms with E-state index in [0.29, 0.717) is 51.4 Å². The van der Waals surface area contributed by atoms with Gasteiger partial charge in [-0.1, -0.05) is 46.3 Å². The maximum atomic E-state index is 12.7. The smallest absolute Gasteiger partial charge is 0.187 e. The van der Waals surface area contributed by atoms with Gasteiger partial charge in [-0.25, -0.2) is 0 Å². The van der Waals surface area contributed by atoms with E-state index in [1.807, 2.05) is 34.6 Å². The van der Waals surface area contributed by atoms with Gasteiger partial charge in [0.1, 0.15) is 73.2 Å². The number of allylic oxidation sites excluding steroid dienone is 2. The predicted octanol–water partition coefficient (Wildman–Crippen LogP) is -1.06. The van der Waals surface area contributed by atoms with E-state index in [1.54, 1.807) is 0 Å². The van der Waals surface area contributed by atoms with Crippen LogP contribution in [0, 0.1) is 45.3 Å². The molecule has 19 heteroatoms. The molecule has 3 aliphatic heterocycles. The number of rotatable bonds is 13. The fourth-order valence-corrected chi connectivity index (χ4v) is 14.9. The Morgan fingerprint density at radius 2 is 1.18 bits per heavy atom. The van der Waals surface area contributed by atoms with Crippen molar-refractivity contribution in [2.24, 2.45) is 45.3 Å². The number of aliphatic hydroxyl groups excluding tert-OH is 13. The van der Waals surface area contributed by atoms with Crippen LogP contribution in [0.4, 0.5) is 0 Å². The maximum Gasteiger partial charge on any atom is 0.187 e. The molecule has 19 nitrogen and oxygen atoms in total. The summed E-state index contributed by atoms with van der Waals surface area (Å²) in [7, 11) is 0. The Hall–Kier alpha value is -1.02. The van der Waals surface area contributed by atoms with Gasteiger partial charge in [-0.15, -0.1) is 0 Å². The van der Waals surface area contributed by atoms with Crippen LogP contribution >= 0.6 is 0 Å². The highest BCUT2D eigenvalue weighted by atomic mass is 16.8. The minimum absolute atomic E-state index is 0.110. The molecule has 7 rings (SSSR count). The maximum absolute atomic E-state index is 12.7. The number of ether oxygens (including phenoxy) is 6. The largest absolute Gasteiger partial charge is 0.394 e. The molecule has 0 unspecified atom stereocenters. The highest BCUT2D eigenvalue weighted by molar-refractivity contribution is 5.22. The molecular weight excluding hydrogens is 881 g/mol. The number of hydrogen-bond acceptors (Lipinski definition) is 19. The number of fused-ring (bicyclic) bond motifs is 5. The van der Waals surface area contributed by atoms with Crippen molar-refractivity contribution in [2.45, 2.75) is 223 Å². The zero-order chi connectivity index (χ0) is 49.5. The van der Waals surface area contributed by atoms with Crippen LogP contribution in [0.2, 0.25) is 0 Å². The molecule has 0 spiro atoms. The molecule has 7 aliphatic rings. The minimum atomic E-state index is -1.86. The second-order valence-corrected chi connectivity index (χ2v) is 23.1. The lowest BCUT2D eigenvalue weighted by molar-refractivity contribution is -0.383. The summed E-state index contributed by atoms with van der Waals surface area (Å²) in [6.07, 6.45) is -20.0. The lowest BCUT2D eigenvalue weighted by atomic mass is 9.34. The molecule has 13 N–H and O–H groups in total. The van der Waals surface area contributed by atoms with E-state index in [9.17, 15) is 66.4 Å². The van der Waals surface area contributed by atoms with E-state index >= 15 is 0 Å². The first-order valence-electron chi connectivity index (χ1n) is 24.5. The first kappa shape index (κ1) is 53.8. The predicted molar refractivity (Wildman–Crippen MR) is 235 cm³/mol. The van der Waals surface area contributed by atoms with Crippen molar-refractivity contribution in [3.05, 3.63) is 11.6 Å². The SMILES string of the molecule is CC(C)=CCC[C@](C)(O[C@@H]1O[C@H](CO)[C@@H](O)[C@H](O)[C@H]1O)[C@H]1CC[C@]2(C)[C@H]1[C@H](O)C[C@@H]1[C@@]3(C)CC[C@H](O)C(C)(C)[C@@H]3[C@@H](O[C@@H]3O[C@H](CO)[C@@H](O)[C@H](O)[C@H]3O[C@@H]3O[C@H](CO)[C@@H](O)[C@H](O)[C@H]3O)C[C@]12C. The molecule has 3 saturated heterocycles. The van der Waals surface area contributed by atoms with Gasteiger partial charge in [0.05, 0.1) is 43.7 Å². The summed E-state index contributed by atoms with van der Waals surface area (Å²) in [5.41, 5.74) is -2.56. The summed E-state index contributed by atoms with van der Waals surface area (Å²) >= 11 is 0. The fraction of sp³-hybridized carbons (Fsp3) is 0.958. The Labute approximate surface area is 393 Å². The van der Waals surface area contributed by atoms with Gasteiger partial charge in [0.25, 0.3) is 0 Å². The third-order valence-corrected chi connectivity index (χ3v) is 18.7. The molecule has 4 saturated carbocycles. The van der Waals surface area contributed by atoms with Crippen molar-refractivity contribution in [3.63, 3.8) is 0 Å². The van der Waals surface area contributed by atoms with Gasteiger partial charge in [-0.3, -0.25) is 0 Å². The third-order valence-electron chi connectivity index (χ3n) is 18.7. The van der Waals surface area contributed by atoms with Crippen molar-refractivity contribution < 1.29 is 94.8 Å². The number of hydrogen-bond donors (Lipinski definition) is 13. The first-order chi connectivity index (χ1) is 31.3. The van der Waals surface area contributed by atoms with Crippen molar-refractivity contribution in [2.75, 3.05) is 19.8 Å². The van der Waals surface area contributed by atoms with Crippen LogP contribution in [0.1, 0.15) is 107 Å². The molecule has 0 radical (unpaired) electrons. The van der Waals surface area contributed by atoms with Crippen molar-refractivity contribution in [1.29, 1.82) is 0 Å². The zero-order valence-corrected chi connectivity index (χ0v) is 40.3. The molecule has 0 amide bonds. The van der Waals surface area contributed by atoms with Crippen LogP contribution in [-0.4, -0.2) is 202 Å². The molecule has 0 aromatic rings. The van der Waals surface area contributed by atoms with Crippen LogP contribution < -0.4 is 0 Å². The lowest BCUT2D eigenvalue weighted by Crippen LogP contribution is -2.71. The van der Waals surface area contributed by atoms with Crippen LogP contribution in [0.5, 0.6) is 0 Å². The summed E-state index contributed by atoms with van der Waals surface area (Å²) in [6, 6.07) is 0. The minimum Gasteiger partial charge on any atom is -0.394 e. The highest BCUT2D eigenvalue weighted by Gasteiger charge is 2.74. The van der Waals surface area contributed by atoms with Crippen LogP contribution in [-0.2, 0) is 28.4 Å². The molecule has 0 bridgehead atoms. The van der Waals surface area contributed by atoms with Crippen LogP contribution in [0.15, 0.2) is 11.6 Å². The molecular formula is C48H82O19. The monoisotopic (exact) mass is 963 g/mol. The van der Waals surface area contributed by atoms with Gasteiger partial charge in [-0.2, -0.15) is 0 Å². The quantitative estimate of drug-likeness (QED) is 0.0773. The molecule has 0 aromatic heterocycles. The standard InChI is InChI=1S/C48H82O19/c1-21(2)10-9-13-48(8,67-42-38(61)35(58)32(55)26(19-50)64-42)22-11-15-46(6)30(22)23(52)16-28-45(5)14-12-29(53)44(3,4)40(45)24(17-47(28,46)7)62-43-39(36(59)33(56)27(20-51)65-43)66-41-37(60)34(57)31(54)25(18-49)63-41/h10,22-43,49-61H,9,11-20H2,1-8H3/t22-,23+,24-,25+,26+,27+,28+,29-,30+,31+,32+,33+,34-,35-,36-,37+,38+,39+,40-,41-,42-,43+,45+,46+,47+,48-/m0/s1. The topological polar surface area (TPSA) is 318 Å². The molecule has 67 heavy (non-hydrogen) atoms. The van der Waals surface area contributed by atoms with E-state index in [4.69, 9.17) is 28.4 Å². The van der Waals surface area contributed by atoms with E-state index in [-0.39, 0.29) is 17.8 Å². The lowest BCUT2D eigenvalue weighted by Gasteiger charge is -2.72. The van der Waals surface area contributed by atoms with E-state index < -0.39 is 163 Å². The number of aliphatic hydroxyl groups is 13. The Balaban J connectivity index is 1.27. The van der Waals surface area contributed by atoms with Crippen LogP contribution in [0.3, 0.4) is 0 Å². The van der Waals surface area contributed by atoms with Gasteiger partial charge >= 0.3 is 0 Å². The molecule has 0 aromatic carbocycles. The Morgan fingerprint density at radius 1 is 0.642 bits per heavy atom. The van der Waals surface area contributed by atoms with Crippen LogP contribution in [0.25, 0.3) is 0 Å². The third kappa shape index (κ3) is 9.03. The summed E-state index contributed by atoms with van der Waals surface area (Å²) in [5, 5.41) is 142. The Kier molecular flexibility index (Phi) is 15.9. The van der Waals surface area contributed by atoms with E-state index in [0.717, 1.165) is 5.57 Å². The summed E-state index contributed by atoms with van der Waals surface area (Å²) in [4.78, 5) is 0. The van der Waals surface area contributed by atoms with Crippen molar-refractivity contribution in [1.82, 2.24) is 0 Å². The molecule has 26 atom stereocenters. The fourth-order valence-electron chi connectivity index (χ4n) is 14.9. The van der Waals surface area contributed by atoms with Gasteiger partial charge in [0.2, 0.25) is 0 Å². The Bertz CT molecular complexity index is 1710. The molecule has 388 valence electrons. The Morgan fingerprint density at radius 3 is 1.75 bits per heavy atom. The second-order valence-electron chi connectivity index (χ2n) is 23.1. The van der Waals surface area contributed by atoms with Gasteiger partial charge < -0.3 is 94.8 Å². The van der Waals surface area contributed by atoms with Crippen molar-refractivity contribution >= 4 is 0 Å². The summed E-state index contributed by atoms with van der Waals surface area (Å²) in [6.45, 7) is 14.4. The first-order valence-corrected chi connectivity index (χ1v) is 24.5. The molecule has 3 heterocycles. The molecule has 4 aliphatic carbocycles. The normalized spacial score (nSPS) is 52.9. The van der Waals surface area contributed by atoms with Crippen molar-refractivity contribution in [3.8, 4) is 0 Å². The van der Waals surface area contributed by atoms with Gasteiger partial charge in [-0.05, 0) is 117 Å². The van der Waals surface area contributed by atoms with Gasteiger partial charge in [0, 0.05) is 0 Å². The van der Waals surface area contributed by atoms with E-state index in [1.165, 1.54) is 0 Å². The van der Waals surface area contributed by atoms with Gasteiger partial charge in [0.15, 0.2) is 18.9 Å². The zero-order valence-electron chi connectivity index (χ0n) is 40.3. The average Bonchev–Trinajstić information content (AvgIpc) is 3.66. The average molecular weight is 963 g/mol. The summed E-state index contributed by atoms with van der Waals surface area (Å²) in [5.74, 6) is -1.22. The van der Waals surface area contributed by atoms with E-state index in [2.05, 4.69) is 26.8 Å². The second kappa shape index (κ2) is 19.8. The molecule has 7 fully saturated rings.